The van der Waals surface area contributed by atoms with Gasteiger partial charge in [-0.15, -0.1) is 0 Å². The molecular formula is C17H21ClN2O4. The Morgan fingerprint density at radius 3 is 2.38 bits per heavy atom. The molecule has 0 saturated heterocycles. The Kier molecular flexibility index (Phi) is 6.61. The van der Waals surface area contributed by atoms with Gasteiger partial charge in [-0.25, -0.2) is 9.59 Å². The summed E-state index contributed by atoms with van der Waals surface area (Å²) in [5.74, 6) is -1.31. The van der Waals surface area contributed by atoms with Gasteiger partial charge in [0.05, 0.1) is 5.56 Å². The lowest BCUT2D eigenvalue weighted by Gasteiger charge is -2.23. The van der Waals surface area contributed by atoms with Crippen LogP contribution >= 0.6 is 11.6 Å². The SMILES string of the molecule is C[C@@H](OC(=O)c1ccc(Cl)cc1)C(=O)NC(=O)NC1CCCCC1. The molecule has 1 saturated carbocycles. The predicted octanol–water partition coefficient (Wildman–Crippen LogP) is 3.04. The molecule has 1 aromatic rings. The van der Waals surface area contributed by atoms with Crippen molar-refractivity contribution >= 4 is 29.5 Å². The first-order valence-electron chi connectivity index (χ1n) is 8.03. The van der Waals surface area contributed by atoms with E-state index in [4.69, 9.17) is 16.3 Å². The summed E-state index contributed by atoms with van der Waals surface area (Å²) >= 11 is 5.75. The number of hydrogen-bond donors (Lipinski definition) is 2. The molecule has 0 bridgehead atoms. The Morgan fingerprint density at radius 1 is 1.12 bits per heavy atom. The third kappa shape index (κ3) is 5.53. The molecule has 3 amide bonds. The van der Waals surface area contributed by atoms with Gasteiger partial charge >= 0.3 is 12.0 Å². The van der Waals surface area contributed by atoms with E-state index < -0.39 is 24.0 Å². The maximum atomic E-state index is 11.9. The molecule has 0 spiro atoms. The van der Waals surface area contributed by atoms with Crippen molar-refractivity contribution in [1.82, 2.24) is 10.6 Å². The Morgan fingerprint density at radius 2 is 1.75 bits per heavy atom. The van der Waals surface area contributed by atoms with Gasteiger partial charge in [0.15, 0.2) is 6.10 Å². The van der Waals surface area contributed by atoms with E-state index in [9.17, 15) is 14.4 Å². The van der Waals surface area contributed by atoms with Gasteiger partial charge in [0, 0.05) is 11.1 Å². The highest BCUT2D eigenvalue weighted by atomic mass is 35.5. The fraction of sp³-hybridized carbons (Fsp3) is 0.471. The highest BCUT2D eigenvalue weighted by molar-refractivity contribution is 6.30. The predicted molar refractivity (Wildman–Crippen MR) is 89.9 cm³/mol. The molecule has 0 aromatic heterocycles. The molecule has 0 aliphatic heterocycles. The first kappa shape index (κ1) is 18.3. The minimum absolute atomic E-state index is 0.0958. The molecule has 1 atom stereocenters. The van der Waals surface area contributed by atoms with Crippen molar-refractivity contribution in [3.8, 4) is 0 Å². The molecule has 7 heteroatoms. The van der Waals surface area contributed by atoms with Crippen LogP contribution in [0.25, 0.3) is 0 Å². The number of benzene rings is 1. The maximum Gasteiger partial charge on any atom is 0.338 e. The number of urea groups is 1. The van der Waals surface area contributed by atoms with Crippen LogP contribution in [0.3, 0.4) is 0 Å². The zero-order valence-corrected chi connectivity index (χ0v) is 14.3. The normalized spacial score (nSPS) is 16.1. The summed E-state index contributed by atoms with van der Waals surface area (Å²) < 4.78 is 5.05. The summed E-state index contributed by atoms with van der Waals surface area (Å²) in [4.78, 5) is 35.7. The van der Waals surface area contributed by atoms with Crippen molar-refractivity contribution in [2.45, 2.75) is 51.2 Å². The fourth-order valence-corrected chi connectivity index (χ4v) is 2.68. The molecule has 1 aliphatic rings. The highest BCUT2D eigenvalue weighted by Gasteiger charge is 2.22. The van der Waals surface area contributed by atoms with E-state index in [1.807, 2.05) is 0 Å². The van der Waals surface area contributed by atoms with Crippen molar-refractivity contribution in [3.05, 3.63) is 34.9 Å². The van der Waals surface area contributed by atoms with Gasteiger partial charge in [-0.3, -0.25) is 10.1 Å². The second-order valence-corrected chi connectivity index (χ2v) is 6.29. The number of nitrogens with one attached hydrogen (secondary N) is 2. The average Bonchev–Trinajstić information content (AvgIpc) is 2.56. The number of carbonyl (C=O) groups is 3. The number of carbonyl (C=O) groups excluding carboxylic acids is 3. The zero-order chi connectivity index (χ0) is 17.5. The molecule has 0 unspecified atom stereocenters. The van der Waals surface area contributed by atoms with Crippen LogP contribution < -0.4 is 10.6 Å². The van der Waals surface area contributed by atoms with Crippen LogP contribution in [-0.2, 0) is 9.53 Å². The van der Waals surface area contributed by atoms with Gasteiger partial charge in [0.25, 0.3) is 5.91 Å². The number of esters is 1. The molecule has 24 heavy (non-hydrogen) atoms. The van der Waals surface area contributed by atoms with Crippen molar-refractivity contribution < 1.29 is 19.1 Å². The second-order valence-electron chi connectivity index (χ2n) is 5.85. The van der Waals surface area contributed by atoms with E-state index in [1.54, 1.807) is 12.1 Å². The monoisotopic (exact) mass is 352 g/mol. The number of amides is 3. The summed E-state index contributed by atoms with van der Waals surface area (Å²) in [6.07, 6.45) is 4.09. The van der Waals surface area contributed by atoms with E-state index in [-0.39, 0.29) is 11.6 Å². The van der Waals surface area contributed by atoms with Crippen molar-refractivity contribution in [2.75, 3.05) is 0 Å². The van der Waals surface area contributed by atoms with Gasteiger partial charge in [-0.05, 0) is 44.0 Å². The molecule has 130 valence electrons. The number of imide groups is 1. The Balaban J connectivity index is 1.79. The number of halogens is 1. The lowest BCUT2D eigenvalue weighted by atomic mass is 9.96. The highest BCUT2D eigenvalue weighted by Crippen LogP contribution is 2.17. The first-order valence-corrected chi connectivity index (χ1v) is 8.41. The molecule has 6 nitrogen and oxygen atoms in total. The molecule has 1 aliphatic carbocycles. The molecule has 2 rings (SSSR count). The lowest BCUT2D eigenvalue weighted by molar-refractivity contribution is -0.127. The summed E-state index contributed by atoms with van der Waals surface area (Å²) in [6.45, 7) is 1.41. The zero-order valence-electron chi connectivity index (χ0n) is 13.5. The minimum atomic E-state index is -1.08. The van der Waals surface area contributed by atoms with Crippen LogP contribution in [0.2, 0.25) is 5.02 Å². The molecule has 1 aromatic carbocycles. The van der Waals surface area contributed by atoms with Gasteiger partial charge < -0.3 is 10.1 Å². The van der Waals surface area contributed by atoms with Crippen LogP contribution in [-0.4, -0.2) is 30.1 Å². The third-order valence-corrected chi connectivity index (χ3v) is 4.16. The van der Waals surface area contributed by atoms with E-state index in [1.165, 1.54) is 25.5 Å². The van der Waals surface area contributed by atoms with Crippen molar-refractivity contribution in [2.24, 2.45) is 0 Å². The molecule has 0 radical (unpaired) electrons. The van der Waals surface area contributed by atoms with Gasteiger partial charge in [-0.2, -0.15) is 0 Å². The Bertz CT molecular complexity index is 597. The molecule has 2 N–H and O–H groups in total. The average molecular weight is 353 g/mol. The Hall–Kier alpha value is -2.08. The fourth-order valence-electron chi connectivity index (χ4n) is 2.55. The van der Waals surface area contributed by atoms with Gasteiger partial charge in [0.2, 0.25) is 0 Å². The minimum Gasteiger partial charge on any atom is -0.449 e. The second kappa shape index (κ2) is 8.68. The molecule has 0 heterocycles. The smallest absolute Gasteiger partial charge is 0.338 e. The quantitative estimate of drug-likeness (QED) is 0.816. The topological polar surface area (TPSA) is 84.5 Å². The summed E-state index contributed by atoms with van der Waals surface area (Å²) in [6, 6.07) is 5.66. The van der Waals surface area contributed by atoms with Crippen molar-refractivity contribution in [1.29, 1.82) is 0 Å². The summed E-state index contributed by atoms with van der Waals surface area (Å²) in [7, 11) is 0. The molecule has 1 fully saturated rings. The van der Waals surface area contributed by atoms with Crippen molar-refractivity contribution in [3.63, 3.8) is 0 Å². The maximum absolute atomic E-state index is 11.9. The van der Waals surface area contributed by atoms with E-state index >= 15 is 0 Å². The third-order valence-electron chi connectivity index (χ3n) is 3.91. The Labute approximate surface area is 145 Å². The van der Waals surface area contributed by atoms with Gasteiger partial charge in [-0.1, -0.05) is 30.9 Å². The van der Waals surface area contributed by atoms with Crippen LogP contribution in [0.1, 0.15) is 49.4 Å². The number of hydrogen-bond acceptors (Lipinski definition) is 4. The van der Waals surface area contributed by atoms with E-state index in [0.717, 1.165) is 25.7 Å². The molecular weight excluding hydrogens is 332 g/mol. The lowest BCUT2D eigenvalue weighted by Crippen LogP contribution is -2.48. The van der Waals surface area contributed by atoms with Crippen LogP contribution in [0.5, 0.6) is 0 Å². The van der Waals surface area contributed by atoms with Crippen LogP contribution in [0.4, 0.5) is 4.79 Å². The van der Waals surface area contributed by atoms with Crippen LogP contribution in [0.15, 0.2) is 24.3 Å². The van der Waals surface area contributed by atoms with Gasteiger partial charge in [0.1, 0.15) is 0 Å². The largest absolute Gasteiger partial charge is 0.449 e. The van der Waals surface area contributed by atoms with Crippen LogP contribution in [0, 0.1) is 0 Å². The van der Waals surface area contributed by atoms with E-state index in [2.05, 4.69) is 10.6 Å². The summed E-state index contributed by atoms with van der Waals surface area (Å²) in [5.41, 5.74) is 0.283. The summed E-state index contributed by atoms with van der Waals surface area (Å²) in [5, 5.41) is 5.47. The number of ether oxygens (including phenoxy) is 1. The van der Waals surface area contributed by atoms with E-state index in [0.29, 0.717) is 5.02 Å². The first-order chi connectivity index (χ1) is 11.5. The number of rotatable bonds is 4. The standard InChI is InChI=1S/C17H21ClN2O4/c1-11(24-16(22)12-7-9-13(18)10-8-12)15(21)20-17(23)19-14-5-3-2-4-6-14/h7-11,14H,2-6H2,1H3,(H2,19,20,21,23)/t11-/m1/s1.